The highest BCUT2D eigenvalue weighted by Crippen LogP contribution is 2.27. The average molecular weight is 280 g/mol. The molecular weight excluding hydrogens is 256 g/mol. The molecule has 1 aromatic carbocycles. The molecule has 0 unspecified atom stereocenters. The zero-order chi connectivity index (χ0) is 15.0. The van der Waals surface area contributed by atoms with Gasteiger partial charge < -0.3 is 9.64 Å². The van der Waals surface area contributed by atoms with Gasteiger partial charge in [-0.2, -0.15) is 0 Å². The third kappa shape index (κ3) is 4.81. The van der Waals surface area contributed by atoms with E-state index in [0.29, 0.717) is 5.75 Å². The summed E-state index contributed by atoms with van der Waals surface area (Å²) in [6, 6.07) is 5.20. The molecule has 0 aliphatic rings. The monoisotopic (exact) mass is 280 g/mol. The fourth-order valence-corrected chi connectivity index (χ4v) is 2.29. The molecule has 0 atom stereocenters. The van der Waals surface area contributed by atoms with Crippen LogP contribution in [0.4, 0.5) is 5.69 Å². The number of nitro benzene ring substituents is 1. The Balaban J connectivity index is 2.72. The maximum atomic E-state index is 11.0. The van der Waals surface area contributed by atoms with Gasteiger partial charge in [-0.1, -0.05) is 19.9 Å². The minimum absolute atomic E-state index is 0.0440. The van der Waals surface area contributed by atoms with E-state index in [4.69, 9.17) is 4.74 Å². The van der Waals surface area contributed by atoms with Gasteiger partial charge in [0, 0.05) is 12.6 Å². The molecule has 0 bridgehead atoms. The van der Waals surface area contributed by atoms with E-state index in [2.05, 4.69) is 18.7 Å². The second kappa shape index (κ2) is 8.53. The summed E-state index contributed by atoms with van der Waals surface area (Å²) in [5, 5.41) is 11.0. The van der Waals surface area contributed by atoms with Crippen LogP contribution in [0.1, 0.15) is 32.3 Å². The van der Waals surface area contributed by atoms with E-state index < -0.39 is 4.92 Å². The Kier molecular flexibility index (Phi) is 7.01. The smallest absolute Gasteiger partial charge is 0.311 e. The average Bonchev–Trinajstić information content (AvgIpc) is 2.45. The van der Waals surface area contributed by atoms with Gasteiger partial charge in [-0.25, -0.2) is 0 Å². The third-order valence-corrected chi connectivity index (χ3v) is 3.24. The lowest BCUT2D eigenvalue weighted by molar-refractivity contribution is -0.385. The quantitative estimate of drug-likeness (QED) is 0.514. The number of rotatable bonds is 9. The van der Waals surface area contributed by atoms with Crippen molar-refractivity contribution < 1.29 is 9.66 Å². The first-order valence-electron chi connectivity index (χ1n) is 7.16. The van der Waals surface area contributed by atoms with Crippen LogP contribution in [0.15, 0.2) is 18.2 Å². The Hall–Kier alpha value is -1.62. The summed E-state index contributed by atoms with van der Waals surface area (Å²) in [6.07, 6.45) is 3.08. The van der Waals surface area contributed by atoms with Crippen LogP contribution in [0.2, 0.25) is 0 Å². The number of methoxy groups -OCH3 is 1. The molecule has 0 heterocycles. The summed E-state index contributed by atoms with van der Waals surface area (Å²) < 4.78 is 5.01. The third-order valence-electron chi connectivity index (χ3n) is 3.24. The van der Waals surface area contributed by atoms with Gasteiger partial charge in [0.15, 0.2) is 5.75 Å². The van der Waals surface area contributed by atoms with Crippen LogP contribution in [0.3, 0.4) is 0 Å². The molecule has 5 nitrogen and oxygen atoms in total. The van der Waals surface area contributed by atoms with Crippen molar-refractivity contribution >= 4 is 5.69 Å². The van der Waals surface area contributed by atoms with E-state index in [9.17, 15) is 10.1 Å². The zero-order valence-electron chi connectivity index (χ0n) is 12.6. The van der Waals surface area contributed by atoms with E-state index in [1.54, 1.807) is 12.1 Å². The molecule has 0 radical (unpaired) electrons. The van der Waals surface area contributed by atoms with Crippen LogP contribution in [0.5, 0.6) is 5.75 Å². The lowest BCUT2D eigenvalue weighted by atomic mass is 10.1. The van der Waals surface area contributed by atoms with Gasteiger partial charge in [0.25, 0.3) is 0 Å². The van der Waals surface area contributed by atoms with E-state index in [1.165, 1.54) is 7.11 Å². The van der Waals surface area contributed by atoms with Crippen molar-refractivity contribution in [2.24, 2.45) is 0 Å². The molecule has 0 saturated heterocycles. The Morgan fingerprint density at radius 3 is 2.35 bits per heavy atom. The zero-order valence-corrected chi connectivity index (χ0v) is 12.6. The number of hydrogen-bond donors (Lipinski definition) is 0. The predicted octanol–water partition coefficient (Wildman–Crippen LogP) is 3.27. The predicted molar refractivity (Wildman–Crippen MR) is 80.4 cm³/mol. The van der Waals surface area contributed by atoms with Gasteiger partial charge in [-0.05, 0) is 44.0 Å². The molecule has 0 aliphatic heterocycles. The highest BCUT2D eigenvalue weighted by molar-refractivity contribution is 5.48. The minimum Gasteiger partial charge on any atom is -0.490 e. The Bertz CT molecular complexity index is 429. The van der Waals surface area contributed by atoms with E-state index in [-0.39, 0.29) is 5.69 Å². The van der Waals surface area contributed by atoms with Crippen LogP contribution >= 0.6 is 0 Å². The number of nitro groups is 1. The molecule has 0 N–H and O–H groups in total. The lowest BCUT2D eigenvalue weighted by Gasteiger charge is -2.20. The van der Waals surface area contributed by atoms with E-state index in [1.807, 2.05) is 6.07 Å². The largest absolute Gasteiger partial charge is 0.490 e. The second-order valence-electron chi connectivity index (χ2n) is 4.85. The first-order chi connectivity index (χ1) is 9.62. The maximum absolute atomic E-state index is 11.0. The van der Waals surface area contributed by atoms with Crippen molar-refractivity contribution in [3.63, 3.8) is 0 Å². The molecule has 1 aromatic rings. The molecule has 112 valence electrons. The summed E-state index contributed by atoms with van der Waals surface area (Å²) in [5.74, 6) is 0.317. The van der Waals surface area contributed by atoms with Crippen molar-refractivity contribution in [1.82, 2.24) is 4.90 Å². The van der Waals surface area contributed by atoms with Gasteiger partial charge in [-0.3, -0.25) is 10.1 Å². The van der Waals surface area contributed by atoms with Crippen LogP contribution in [0, 0.1) is 10.1 Å². The Morgan fingerprint density at radius 1 is 1.20 bits per heavy atom. The van der Waals surface area contributed by atoms with E-state index in [0.717, 1.165) is 44.5 Å². The highest BCUT2D eigenvalue weighted by Gasteiger charge is 2.15. The van der Waals surface area contributed by atoms with Crippen molar-refractivity contribution in [1.29, 1.82) is 0 Å². The van der Waals surface area contributed by atoms with Gasteiger partial charge in [0.1, 0.15) is 0 Å². The van der Waals surface area contributed by atoms with Gasteiger partial charge in [0.2, 0.25) is 0 Å². The standard InChI is InChI=1S/C15H24N2O3/c1-4-9-16(10-5-2)11-8-13-6-7-15(20-3)14(12-13)17(18)19/h6-7,12H,4-5,8-11H2,1-3H3. The fourth-order valence-electron chi connectivity index (χ4n) is 2.29. The van der Waals surface area contributed by atoms with Crippen molar-refractivity contribution in [2.45, 2.75) is 33.1 Å². The van der Waals surface area contributed by atoms with Crippen molar-refractivity contribution in [3.8, 4) is 5.75 Å². The topological polar surface area (TPSA) is 55.6 Å². The van der Waals surface area contributed by atoms with Gasteiger partial charge >= 0.3 is 5.69 Å². The minimum atomic E-state index is -0.391. The number of hydrogen-bond acceptors (Lipinski definition) is 4. The first kappa shape index (κ1) is 16.4. The molecule has 0 spiro atoms. The van der Waals surface area contributed by atoms with Gasteiger partial charge in [0.05, 0.1) is 12.0 Å². The molecule has 20 heavy (non-hydrogen) atoms. The molecular formula is C15H24N2O3. The molecule has 0 saturated carbocycles. The molecule has 0 fully saturated rings. The Morgan fingerprint density at radius 2 is 1.85 bits per heavy atom. The number of benzene rings is 1. The van der Waals surface area contributed by atoms with Gasteiger partial charge in [-0.15, -0.1) is 0 Å². The summed E-state index contributed by atoms with van der Waals surface area (Å²) in [6.45, 7) is 7.42. The summed E-state index contributed by atoms with van der Waals surface area (Å²) >= 11 is 0. The van der Waals surface area contributed by atoms with Crippen molar-refractivity contribution in [2.75, 3.05) is 26.7 Å². The molecule has 1 rings (SSSR count). The second-order valence-corrected chi connectivity index (χ2v) is 4.85. The maximum Gasteiger partial charge on any atom is 0.311 e. The van der Waals surface area contributed by atoms with Crippen LogP contribution in [-0.4, -0.2) is 36.6 Å². The highest BCUT2D eigenvalue weighted by atomic mass is 16.6. The summed E-state index contributed by atoms with van der Waals surface area (Å²) in [7, 11) is 1.45. The lowest BCUT2D eigenvalue weighted by Crippen LogP contribution is -2.27. The SMILES string of the molecule is CCCN(CCC)CCc1ccc(OC)c([N+](=O)[O-])c1. The fraction of sp³-hybridized carbons (Fsp3) is 0.600. The first-order valence-corrected chi connectivity index (χ1v) is 7.16. The molecule has 0 aliphatic carbocycles. The molecule has 0 amide bonds. The van der Waals surface area contributed by atoms with Crippen LogP contribution in [-0.2, 0) is 6.42 Å². The van der Waals surface area contributed by atoms with E-state index >= 15 is 0 Å². The number of nitrogens with zero attached hydrogens (tertiary/aromatic N) is 2. The summed E-state index contributed by atoms with van der Waals surface area (Å²) in [4.78, 5) is 13.0. The Labute approximate surface area is 120 Å². The number of ether oxygens (including phenoxy) is 1. The van der Waals surface area contributed by atoms with Crippen LogP contribution < -0.4 is 4.74 Å². The molecule has 5 heteroatoms. The summed E-state index contributed by atoms with van der Waals surface area (Å²) in [5.41, 5.74) is 1.03. The molecule has 0 aromatic heterocycles. The van der Waals surface area contributed by atoms with Crippen LogP contribution in [0.25, 0.3) is 0 Å². The van der Waals surface area contributed by atoms with Crippen molar-refractivity contribution in [3.05, 3.63) is 33.9 Å². The normalized spacial score (nSPS) is 10.8.